The predicted molar refractivity (Wildman–Crippen MR) is 120 cm³/mol. The Morgan fingerprint density at radius 1 is 1.20 bits per heavy atom. The average Bonchev–Trinajstić information content (AvgIpc) is 3.41. The standard InChI is InChI=1S/C20H20ClF3N6O4S/c1-19(2,20(22,23)24)10-34-14-7-8-30(26-14)13-6-5-11(16(21)25-13)17(31)28-35-12-9-29(3)27-15(12)18(32)33-4/h5-9H,10H2,1-4H3,(H,28,31). The van der Waals surface area contributed by atoms with Gasteiger partial charge in [-0.3, -0.25) is 14.2 Å². The summed E-state index contributed by atoms with van der Waals surface area (Å²) in [5.74, 6) is -1.06. The highest BCUT2D eigenvalue weighted by Crippen LogP contribution is 2.37. The zero-order chi connectivity index (χ0) is 26.0. The number of hydrogen-bond donors (Lipinski definition) is 1. The van der Waals surface area contributed by atoms with E-state index in [0.717, 1.165) is 25.8 Å². The maximum absolute atomic E-state index is 13.0. The van der Waals surface area contributed by atoms with Crippen LogP contribution in [0.15, 0.2) is 35.5 Å². The number of nitrogens with one attached hydrogen (secondary N) is 1. The summed E-state index contributed by atoms with van der Waals surface area (Å²) in [5, 5.41) is 7.89. The monoisotopic (exact) mass is 532 g/mol. The first-order valence-corrected chi connectivity index (χ1v) is 11.0. The molecule has 0 radical (unpaired) electrons. The average molecular weight is 533 g/mol. The summed E-state index contributed by atoms with van der Waals surface area (Å²) < 4.78 is 54.0. The summed E-state index contributed by atoms with van der Waals surface area (Å²) in [6, 6.07) is 4.23. The Labute approximate surface area is 206 Å². The first kappa shape index (κ1) is 26.3. The lowest BCUT2D eigenvalue weighted by molar-refractivity contribution is -0.219. The molecule has 0 fully saturated rings. The minimum absolute atomic E-state index is 0.0312. The van der Waals surface area contributed by atoms with Crippen LogP contribution >= 0.6 is 23.5 Å². The van der Waals surface area contributed by atoms with Crippen LogP contribution in [0.25, 0.3) is 5.82 Å². The van der Waals surface area contributed by atoms with Gasteiger partial charge in [0.05, 0.1) is 23.0 Å². The molecular weight excluding hydrogens is 513 g/mol. The van der Waals surface area contributed by atoms with Crippen molar-refractivity contribution in [3.8, 4) is 11.7 Å². The van der Waals surface area contributed by atoms with Crippen molar-refractivity contribution in [2.45, 2.75) is 24.9 Å². The zero-order valence-corrected chi connectivity index (χ0v) is 20.5. The summed E-state index contributed by atoms with van der Waals surface area (Å²) in [4.78, 5) is 28.9. The largest absolute Gasteiger partial charge is 0.476 e. The number of carbonyl (C=O) groups is 2. The Hall–Kier alpha value is -3.26. The molecule has 35 heavy (non-hydrogen) atoms. The van der Waals surface area contributed by atoms with Gasteiger partial charge in [0.2, 0.25) is 5.88 Å². The third-order valence-corrected chi connectivity index (χ3v) is 5.75. The van der Waals surface area contributed by atoms with E-state index in [-0.39, 0.29) is 28.1 Å². The van der Waals surface area contributed by atoms with Gasteiger partial charge in [-0.2, -0.15) is 18.3 Å². The normalized spacial score (nSPS) is 11.9. The number of halogens is 4. The summed E-state index contributed by atoms with van der Waals surface area (Å²) in [5.41, 5.74) is -1.98. The van der Waals surface area contributed by atoms with Gasteiger partial charge >= 0.3 is 12.1 Å². The Bertz CT molecular complexity index is 1240. The molecular formula is C20H20ClF3N6O4S. The molecule has 10 nitrogen and oxygen atoms in total. The van der Waals surface area contributed by atoms with Crippen molar-refractivity contribution in [3.63, 3.8) is 0 Å². The molecule has 0 unspecified atom stereocenters. The van der Waals surface area contributed by atoms with Gasteiger partial charge in [0.15, 0.2) is 11.5 Å². The lowest BCUT2D eigenvalue weighted by atomic mass is 9.94. The summed E-state index contributed by atoms with van der Waals surface area (Å²) in [6.45, 7) is 1.43. The van der Waals surface area contributed by atoms with Crippen LogP contribution in [0.3, 0.4) is 0 Å². The molecule has 0 saturated carbocycles. The van der Waals surface area contributed by atoms with E-state index in [2.05, 4.69) is 24.6 Å². The minimum Gasteiger partial charge on any atom is -0.476 e. The van der Waals surface area contributed by atoms with Crippen LogP contribution in [-0.4, -0.2) is 56.3 Å². The molecule has 0 aliphatic rings. The maximum Gasteiger partial charge on any atom is 0.397 e. The van der Waals surface area contributed by atoms with Crippen LogP contribution in [0.2, 0.25) is 5.15 Å². The highest BCUT2D eigenvalue weighted by Gasteiger charge is 2.48. The molecule has 0 saturated heterocycles. The van der Waals surface area contributed by atoms with E-state index in [0.29, 0.717) is 4.90 Å². The summed E-state index contributed by atoms with van der Waals surface area (Å²) in [6.07, 6.45) is -1.47. The van der Waals surface area contributed by atoms with Gasteiger partial charge in [-0.1, -0.05) is 11.6 Å². The Morgan fingerprint density at radius 2 is 1.91 bits per heavy atom. The topological polar surface area (TPSA) is 113 Å². The van der Waals surface area contributed by atoms with Crippen LogP contribution < -0.4 is 9.46 Å². The van der Waals surface area contributed by atoms with Crippen molar-refractivity contribution in [3.05, 3.63) is 47.0 Å². The third kappa shape index (κ3) is 6.06. The molecule has 3 heterocycles. The van der Waals surface area contributed by atoms with Crippen molar-refractivity contribution in [2.75, 3.05) is 13.7 Å². The number of alkyl halides is 3. The number of carbonyl (C=O) groups excluding carboxylic acids is 2. The van der Waals surface area contributed by atoms with Crippen LogP contribution in [0.4, 0.5) is 13.2 Å². The Kier molecular flexibility index (Phi) is 7.65. The van der Waals surface area contributed by atoms with Gasteiger partial charge in [0, 0.05) is 25.5 Å². The molecule has 3 aromatic rings. The molecule has 0 aromatic carbocycles. The fourth-order valence-electron chi connectivity index (χ4n) is 2.51. The molecule has 0 bridgehead atoms. The third-order valence-electron chi connectivity index (χ3n) is 4.65. The van der Waals surface area contributed by atoms with Gasteiger partial charge < -0.3 is 9.47 Å². The van der Waals surface area contributed by atoms with Gasteiger partial charge in [-0.25, -0.2) is 14.5 Å². The van der Waals surface area contributed by atoms with Crippen LogP contribution in [-0.2, 0) is 11.8 Å². The predicted octanol–water partition coefficient (Wildman–Crippen LogP) is 3.85. The number of rotatable bonds is 8. The number of aryl methyl sites for hydroxylation is 1. The fraction of sp³-hybridized carbons (Fsp3) is 0.350. The minimum atomic E-state index is -4.43. The highest BCUT2D eigenvalue weighted by atomic mass is 35.5. The molecule has 3 aromatic heterocycles. The lowest BCUT2D eigenvalue weighted by Gasteiger charge is -2.26. The second kappa shape index (κ2) is 10.2. The molecule has 0 aliphatic carbocycles. The number of nitrogens with zero attached hydrogens (tertiary/aromatic N) is 5. The van der Waals surface area contributed by atoms with E-state index in [9.17, 15) is 22.8 Å². The molecule has 188 valence electrons. The molecule has 3 rings (SSSR count). The second-order valence-electron chi connectivity index (χ2n) is 7.82. The van der Waals surface area contributed by atoms with Crippen molar-refractivity contribution in [1.29, 1.82) is 0 Å². The number of aromatic nitrogens is 5. The van der Waals surface area contributed by atoms with Gasteiger partial charge in [0.25, 0.3) is 5.91 Å². The van der Waals surface area contributed by atoms with Crippen LogP contribution in [0.5, 0.6) is 5.88 Å². The van der Waals surface area contributed by atoms with Crippen molar-refractivity contribution >= 4 is 35.4 Å². The smallest absolute Gasteiger partial charge is 0.397 e. The van der Waals surface area contributed by atoms with Gasteiger partial charge in [0.1, 0.15) is 11.8 Å². The molecule has 0 atom stereocenters. The number of methoxy groups -OCH3 is 1. The number of esters is 1. The summed E-state index contributed by atoms with van der Waals surface area (Å²) >= 11 is 7.02. The first-order valence-electron chi connectivity index (χ1n) is 9.83. The molecule has 0 spiro atoms. The fourth-order valence-corrected chi connectivity index (χ4v) is 3.48. The molecule has 15 heteroatoms. The van der Waals surface area contributed by atoms with E-state index in [4.69, 9.17) is 16.3 Å². The molecule has 1 amide bonds. The van der Waals surface area contributed by atoms with E-state index < -0.39 is 30.1 Å². The zero-order valence-electron chi connectivity index (χ0n) is 18.9. The van der Waals surface area contributed by atoms with E-state index >= 15 is 0 Å². The maximum atomic E-state index is 13.0. The number of ether oxygens (including phenoxy) is 2. The molecule has 1 N–H and O–H groups in total. The van der Waals surface area contributed by atoms with E-state index in [1.807, 2.05) is 0 Å². The van der Waals surface area contributed by atoms with Crippen molar-refractivity contribution in [2.24, 2.45) is 12.5 Å². The Balaban J connectivity index is 1.67. The quantitative estimate of drug-likeness (QED) is 0.264. The summed E-state index contributed by atoms with van der Waals surface area (Å²) in [7, 11) is 2.83. The molecule has 0 aliphatic heterocycles. The van der Waals surface area contributed by atoms with Crippen molar-refractivity contribution < 1.29 is 32.2 Å². The lowest BCUT2D eigenvalue weighted by Crippen LogP contribution is -2.37. The van der Waals surface area contributed by atoms with Gasteiger partial charge in [-0.05, 0) is 37.9 Å². The van der Waals surface area contributed by atoms with Gasteiger partial charge in [-0.15, -0.1) is 5.10 Å². The Morgan fingerprint density at radius 3 is 2.54 bits per heavy atom. The van der Waals surface area contributed by atoms with E-state index in [1.165, 1.54) is 47.1 Å². The van der Waals surface area contributed by atoms with Crippen LogP contribution in [0, 0.1) is 5.41 Å². The van der Waals surface area contributed by atoms with Crippen LogP contribution in [0.1, 0.15) is 34.7 Å². The SMILES string of the molecule is COC(=O)c1nn(C)cc1SNC(=O)c1ccc(-n2ccc(OCC(C)(C)C(F)(F)F)n2)nc1Cl. The number of pyridine rings is 1. The number of amides is 1. The first-order chi connectivity index (χ1) is 16.3. The second-order valence-corrected chi connectivity index (χ2v) is 9.02. The number of hydrogen-bond acceptors (Lipinski definition) is 8. The van der Waals surface area contributed by atoms with E-state index in [1.54, 1.807) is 7.05 Å². The highest BCUT2D eigenvalue weighted by molar-refractivity contribution is 7.98. The van der Waals surface area contributed by atoms with Crippen molar-refractivity contribution in [1.82, 2.24) is 29.3 Å².